The highest BCUT2D eigenvalue weighted by Gasteiger charge is 2.30. The molecule has 116 valence electrons. The van der Waals surface area contributed by atoms with E-state index in [4.69, 9.17) is 16.3 Å². The molecule has 1 aromatic heterocycles. The van der Waals surface area contributed by atoms with Crippen molar-refractivity contribution in [3.05, 3.63) is 22.8 Å². The van der Waals surface area contributed by atoms with Gasteiger partial charge in [0.05, 0.1) is 24.3 Å². The van der Waals surface area contributed by atoms with Gasteiger partial charge in [0.15, 0.2) is 0 Å². The molecule has 0 radical (unpaired) electrons. The number of piperidine rings is 1. The molecule has 1 aliphatic rings. The molecule has 1 saturated heterocycles. The number of aromatic nitrogens is 1. The largest absolute Gasteiger partial charge is 0.477 e. The van der Waals surface area contributed by atoms with E-state index >= 15 is 0 Å². The molecule has 1 fully saturated rings. The summed E-state index contributed by atoms with van der Waals surface area (Å²) >= 11 is 6.08. The molecule has 0 aliphatic carbocycles. The van der Waals surface area contributed by atoms with Crippen molar-refractivity contribution in [2.45, 2.75) is 45.3 Å². The Bertz CT molecular complexity index is 508. The first kappa shape index (κ1) is 16.0. The third-order valence-electron chi connectivity index (χ3n) is 3.70. The van der Waals surface area contributed by atoms with Gasteiger partial charge < -0.3 is 14.7 Å². The number of hydrogen-bond donors (Lipinski definition) is 1. The van der Waals surface area contributed by atoms with Crippen LogP contribution in [0.4, 0.5) is 0 Å². The zero-order valence-electron chi connectivity index (χ0n) is 12.4. The van der Waals surface area contributed by atoms with Crippen LogP contribution in [0.1, 0.15) is 43.5 Å². The maximum atomic E-state index is 12.6. The van der Waals surface area contributed by atoms with Crippen molar-refractivity contribution in [2.75, 3.05) is 13.2 Å². The molecular formula is C15H21ClN2O3. The van der Waals surface area contributed by atoms with Crippen LogP contribution in [0.5, 0.6) is 5.88 Å². The Kier molecular flexibility index (Phi) is 5.42. The fourth-order valence-corrected chi connectivity index (χ4v) is 2.88. The van der Waals surface area contributed by atoms with Crippen molar-refractivity contribution in [2.24, 2.45) is 0 Å². The summed E-state index contributed by atoms with van der Waals surface area (Å²) in [6.45, 7) is 4.69. The van der Waals surface area contributed by atoms with E-state index in [0.717, 1.165) is 19.3 Å². The second kappa shape index (κ2) is 7.09. The summed E-state index contributed by atoms with van der Waals surface area (Å²) in [5.74, 6) is 0.194. The van der Waals surface area contributed by atoms with Crippen LogP contribution in [-0.2, 0) is 0 Å². The molecule has 2 heterocycles. The second-order valence-electron chi connectivity index (χ2n) is 5.25. The van der Waals surface area contributed by atoms with Crippen LogP contribution in [0.25, 0.3) is 0 Å². The molecule has 6 heteroatoms. The molecule has 2 atom stereocenters. The van der Waals surface area contributed by atoms with Crippen LogP contribution in [0.2, 0.25) is 5.02 Å². The molecule has 0 saturated carbocycles. The van der Waals surface area contributed by atoms with Gasteiger partial charge >= 0.3 is 0 Å². The molecule has 1 amide bonds. The minimum atomic E-state index is -0.541. The SMILES string of the molecule is CCOc1ncc(C(=O)N2CCCCC2C(C)O)cc1Cl. The Morgan fingerprint density at radius 2 is 2.38 bits per heavy atom. The van der Waals surface area contributed by atoms with E-state index < -0.39 is 6.10 Å². The normalized spacial score (nSPS) is 20.2. The highest BCUT2D eigenvalue weighted by molar-refractivity contribution is 6.32. The Morgan fingerprint density at radius 3 is 3.00 bits per heavy atom. The standard InChI is InChI=1S/C15H21ClN2O3/c1-3-21-14-12(16)8-11(9-17-14)15(20)18-7-5-4-6-13(18)10(2)19/h8-10,13,19H,3-7H2,1-2H3. The predicted octanol–water partition coefficient (Wildman–Crippen LogP) is 2.51. The fourth-order valence-electron chi connectivity index (χ4n) is 2.66. The molecule has 0 bridgehead atoms. The summed E-state index contributed by atoms with van der Waals surface area (Å²) in [4.78, 5) is 18.4. The Hall–Kier alpha value is -1.33. The molecule has 21 heavy (non-hydrogen) atoms. The number of aliphatic hydroxyl groups excluding tert-OH is 1. The van der Waals surface area contributed by atoms with Crippen LogP contribution in [0.3, 0.4) is 0 Å². The number of carbonyl (C=O) groups is 1. The maximum absolute atomic E-state index is 12.6. The topological polar surface area (TPSA) is 62.7 Å². The lowest BCUT2D eigenvalue weighted by Gasteiger charge is -2.37. The van der Waals surface area contributed by atoms with Crippen LogP contribution in [0, 0.1) is 0 Å². The van der Waals surface area contributed by atoms with E-state index in [2.05, 4.69) is 4.98 Å². The molecule has 2 rings (SSSR count). The zero-order valence-corrected chi connectivity index (χ0v) is 13.1. The lowest BCUT2D eigenvalue weighted by Crippen LogP contribution is -2.48. The first-order valence-electron chi connectivity index (χ1n) is 7.32. The number of rotatable bonds is 4. The third kappa shape index (κ3) is 3.66. The van der Waals surface area contributed by atoms with Gasteiger partial charge in [-0.2, -0.15) is 0 Å². The van der Waals surface area contributed by atoms with E-state index in [1.165, 1.54) is 6.20 Å². The number of aliphatic hydroxyl groups is 1. The van der Waals surface area contributed by atoms with E-state index in [-0.39, 0.29) is 11.9 Å². The summed E-state index contributed by atoms with van der Waals surface area (Å²) < 4.78 is 5.27. The van der Waals surface area contributed by atoms with Crippen LogP contribution in [0.15, 0.2) is 12.3 Å². The van der Waals surface area contributed by atoms with Gasteiger partial charge in [-0.1, -0.05) is 11.6 Å². The predicted molar refractivity (Wildman–Crippen MR) is 80.8 cm³/mol. The quantitative estimate of drug-likeness (QED) is 0.928. The Morgan fingerprint density at radius 1 is 1.62 bits per heavy atom. The van der Waals surface area contributed by atoms with Crippen molar-refractivity contribution in [3.63, 3.8) is 0 Å². The smallest absolute Gasteiger partial charge is 0.255 e. The van der Waals surface area contributed by atoms with Crippen molar-refractivity contribution < 1.29 is 14.6 Å². The first-order chi connectivity index (χ1) is 10.0. The number of pyridine rings is 1. The van der Waals surface area contributed by atoms with Gasteiger partial charge in [0.2, 0.25) is 5.88 Å². The van der Waals surface area contributed by atoms with Gasteiger partial charge in [-0.15, -0.1) is 0 Å². The van der Waals surface area contributed by atoms with E-state index in [9.17, 15) is 9.90 Å². The summed E-state index contributed by atoms with van der Waals surface area (Å²) in [5, 5.41) is 10.2. The fraction of sp³-hybridized carbons (Fsp3) is 0.600. The van der Waals surface area contributed by atoms with Gasteiger partial charge in [0.25, 0.3) is 5.91 Å². The highest BCUT2D eigenvalue weighted by atomic mass is 35.5. The Balaban J connectivity index is 2.20. The van der Waals surface area contributed by atoms with Crippen molar-refractivity contribution in [3.8, 4) is 5.88 Å². The van der Waals surface area contributed by atoms with Gasteiger partial charge in [-0.25, -0.2) is 4.98 Å². The minimum Gasteiger partial charge on any atom is -0.477 e. The number of halogens is 1. The number of hydrogen-bond acceptors (Lipinski definition) is 4. The van der Waals surface area contributed by atoms with E-state index in [1.54, 1.807) is 17.9 Å². The number of nitrogens with zero attached hydrogens (tertiary/aromatic N) is 2. The van der Waals surface area contributed by atoms with Crippen molar-refractivity contribution >= 4 is 17.5 Å². The van der Waals surface area contributed by atoms with Crippen LogP contribution >= 0.6 is 11.6 Å². The second-order valence-corrected chi connectivity index (χ2v) is 5.65. The van der Waals surface area contributed by atoms with Gasteiger partial charge in [-0.05, 0) is 39.2 Å². The molecule has 0 spiro atoms. The summed E-state index contributed by atoms with van der Waals surface area (Å²) in [5.41, 5.74) is 0.427. The first-order valence-corrected chi connectivity index (χ1v) is 7.69. The van der Waals surface area contributed by atoms with Crippen molar-refractivity contribution in [1.29, 1.82) is 0 Å². The number of likely N-dealkylation sites (tertiary alicyclic amines) is 1. The number of ether oxygens (including phenoxy) is 1. The molecule has 1 N–H and O–H groups in total. The molecule has 2 unspecified atom stereocenters. The summed E-state index contributed by atoms with van der Waals surface area (Å²) in [6.07, 6.45) is 3.74. The van der Waals surface area contributed by atoms with Gasteiger partial charge in [0, 0.05) is 12.7 Å². The molecule has 5 nitrogen and oxygen atoms in total. The number of carbonyl (C=O) groups excluding carboxylic acids is 1. The van der Waals surface area contributed by atoms with Gasteiger partial charge in [0.1, 0.15) is 5.02 Å². The summed E-state index contributed by atoms with van der Waals surface area (Å²) in [6, 6.07) is 1.44. The maximum Gasteiger partial charge on any atom is 0.255 e. The monoisotopic (exact) mass is 312 g/mol. The lowest BCUT2D eigenvalue weighted by atomic mass is 9.97. The highest BCUT2D eigenvalue weighted by Crippen LogP contribution is 2.26. The molecular weight excluding hydrogens is 292 g/mol. The number of amides is 1. The average Bonchev–Trinajstić information content (AvgIpc) is 2.48. The van der Waals surface area contributed by atoms with Crippen molar-refractivity contribution in [1.82, 2.24) is 9.88 Å². The van der Waals surface area contributed by atoms with Crippen LogP contribution < -0.4 is 4.74 Å². The minimum absolute atomic E-state index is 0.141. The van der Waals surface area contributed by atoms with E-state index in [0.29, 0.717) is 29.6 Å². The van der Waals surface area contributed by atoms with E-state index in [1.807, 2.05) is 6.92 Å². The lowest BCUT2D eigenvalue weighted by molar-refractivity contribution is 0.0280. The third-order valence-corrected chi connectivity index (χ3v) is 3.97. The molecule has 1 aliphatic heterocycles. The average molecular weight is 313 g/mol. The molecule has 1 aromatic rings. The zero-order chi connectivity index (χ0) is 15.4. The van der Waals surface area contributed by atoms with Gasteiger partial charge in [-0.3, -0.25) is 4.79 Å². The van der Waals surface area contributed by atoms with Crippen LogP contribution in [-0.4, -0.2) is 46.2 Å². The summed E-state index contributed by atoms with van der Waals surface area (Å²) in [7, 11) is 0. The Labute approximate surface area is 129 Å². The molecule has 0 aromatic carbocycles.